The molecule has 0 radical (unpaired) electrons. The molecule has 114 valence electrons. The van der Waals surface area contributed by atoms with Crippen molar-refractivity contribution in [2.24, 2.45) is 5.41 Å². The Labute approximate surface area is 124 Å². The number of aromatic carboxylic acids is 1. The molecule has 0 bridgehead atoms. The molecular weight excluding hydrogens is 268 g/mol. The van der Waals surface area contributed by atoms with Crippen molar-refractivity contribution < 1.29 is 15.0 Å². The Bertz CT molecular complexity index is 671. The summed E-state index contributed by atoms with van der Waals surface area (Å²) in [5.74, 6) is 0.0516. The van der Waals surface area contributed by atoms with Crippen LogP contribution >= 0.6 is 0 Å². The average molecular weight is 290 g/mol. The number of aliphatic hydroxyl groups is 1. The molecule has 2 rings (SSSR count). The molecule has 0 atom stereocenters. The van der Waals surface area contributed by atoms with E-state index in [0.29, 0.717) is 12.1 Å². The van der Waals surface area contributed by atoms with Gasteiger partial charge in [-0.05, 0) is 12.1 Å². The van der Waals surface area contributed by atoms with Crippen LogP contribution in [0.5, 0.6) is 0 Å². The van der Waals surface area contributed by atoms with E-state index < -0.39 is 5.97 Å². The summed E-state index contributed by atoms with van der Waals surface area (Å²) >= 11 is 0. The highest BCUT2D eigenvalue weighted by Crippen LogP contribution is 2.28. The van der Waals surface area contributed by atoms with Gasteiger partial charge in [-0.3, -0.25) is 0 Å². The van der Waals surface area contributed by atoms with Crippen molar-refractivity contribution >= 4 is 17.0 Å². The number of carboxylic acids is 1. The van der Waals surface area contributed by atoms with Gasteiger partial charge < -0.3 is 14.8 Å². The van der Waals surface area contributed by atoms with Crippen LogP contribution in [0.3, 0.4) is 0 Å². The third-order valence-corrected chi connectivity index (χ3v) is 3.57. The topological polar surface area (TPSA) is 75.3 Å². The predicted molar refractivity (Wildman–Crippen MR) is 81.6 cm³/mol. The Morgan fingerprint density at radius 3 is 2.57 bits per heavy atom. The number of hydrogen-bond donors (Lipinski definition) is 2. The fourth-order valence-corrected chi connectivity index (χ4v) is 2.42. The number of benzene rings is 1. The van der Waals surface area contributed by atoms with Crippen LogP contribution in [-0.4, -0.2) is 32.3 Å². The SMILES string of the molecule is CC(C)c1nc2c(C(=O)O)cccc2n1CC(C)(C)CO. The summed E-state index contributed by atoms with van der Waals surface area (Å²) in [4.78, 5) is 15.9. The molecule has 0 saturated heterocycles. The van der Waals surface area contributed by atoms with Gasteiger partial charge >= 0.3 is 5.97 Å². The van der Waals surface area contributed by atoms with Gasteiger partial charge in [-0.1, -0.05) is 33.8 Å². The normalized spacial score (nSPS) is 12.3. The lowest BCUT2D eigenvalue weighted by molar-refractivity contribution is 0.0699. The fraction of sp³-hybridized carbons (Fsp3) is 0.500. The number of carbonyl (C=O) groups is 1. The summed E-state index contributed by atoms with van der Waals surface area (Å²) in [6.45, 7) is 8.67. The molecule has 0 amide bonds. The zero-order valence-corrected chi connectivity index (χ0v) is 12.9. The molecule has 21 heavy (non-hydrogen) atoms. The first-order valence-electron chi connectivity index (χ1n) is 7.10. The zero-order chi connectivity index (χ0) is 15.8. The van der Waals surface area contributed by atoms with Gasteiger partial charge in [0.05, 0.1) is 11.1 Å². The molecule has 0 spiro atoms. The molecule has 5 heteroatoms. The highest BCUT2D eigenvalue weighted by atomic mass is 16.4. The minimum Gasteiger partial charge on any atom is -0.478 e. The van der Waals surface area contributed by atoms with E-state index in [9.17, 15) is 15.0 Å². The minimum atomic E-state index is -0.970. The van der Waals surface area contributed by atoms with E-state index in [2.05, 4.69) is 4.98 Å². The van der Waals surface area contributed by atoms with E-state index in [1.54, 1.807) is 12.1 Å². The molecule has 0 unspecified atom stereocenters. The predicted octanol–water partition coefficient (Wildman–Crippen LogP) is 2.88. The second-order valence-electron chi connectivity index (χ2n) is 6.51. The summed E-state index contributed by atoms with van der Waals surface area (Å²) in [5, 5.41) is 18.8. The summed E-state index contributed by atoms with van der Waals surface area (Å²) in [6, 6.07) is 5.19. The van der Waals surface area contributed by atoms with Crippen LogP contribution in [0, 0.1) is 5.41 Å². The third-order valence-electron chi connectivity index (χ3n) is 3.57. The van der Waals surface area contributed by atoms with Crippen LogP contribution in [-0.2, 0) is 6.54 Å². The smallest absolute Gasteiger partial charge is 0.337 e. The Morgan fingerprint density at radius 1 is 1.38 bits per heavy atom. The standard InChI is InChI=1S/C16H22N2O3/c1-10(2)14-17-13-11(15(20)21)6-5-7-12(13)18(14)8-16(3,4)9-19/h5-7,10,19H,8-9H2,1-4H3,(H,20,21). The van der Waals surface area contributed by atoms with Crippen molar-refractivity contribution in [3.05, 3.63) is 29.6 Å². The lowest BCUT2D eigenvalue weighted by Gasteiger charge is -2.24. The Hall–Kier alpha value is -1.88. The molecule has 0 aliphatic rings. The number of hydrogen-bond acceptors (Lipinski definition) is 3. The van der Waals surface area contributed by atoms with Gasteiger partial charge in [-0.25, -0.2) is 9.78 Å². The van der Waals surface area contributed by atoms with Gasteiger partial charge in [-0.2, -0.15) is 0 Å². The lowest BCUT2D eigenvalue weighted by atomic mass is 9.94. The first-order valence-corrected chi connectivity index (χ1v) is 7.10. The maximum Gasteiger partial charge on any atom is 0.337 e. The molecule has 5 nitrogen and oxygen atoms in total. The largest absolute Gasteiger partial charge is 0.478 e. The van der Waals surface area contributed by atoms with Crippen molar-refractivity contribution in [2.45, 2.75) is 40.2 Å². The van der Waals surface area contributed by atoms with Crippen molar-refractivity contribution in [1.29, 1.82) is 0 Å². The molecule has 0 aliphatic heterocycles. The molecule has 2 N–H and O–H groups in total. The average Bonchev–Trinajstić information content (AvgIpc) is 2.77. The maximum atomic E-state index is 11.4. The summed E-state index contributed by atoms with van der Waals surface area (Å²) < 4.78 is 2.03. The van der Waals surface area contributed by atoms with E-state index >= 15 is 0 Å². The lowest BCUT2D eigenvalue weighted by Crippen LogP contribution is -2.25. The highest BCUT2D eigenvalue weighted by Gasteiger charge is 2.24. The molecule has 0 fully saturated rings. The number of carboxylic acid groups (broad SMARTS) is 1. The molecule has 1 aromatic carbocycles. The van der Waals surface area contributed by atoms with Crippen molar-refractivity contribution in [2.75, 3.05) is 6.61 Å². The number of para-hydroxylation sites is 1. The Balaban J connectivity index is 2.69. The van der Waals surface area contributed by atoms with E-state index in [1.807, 2.05) is 38.3 Å². The van der Waals surface area contributed by atoms with E-state index in [4.69, 9.17) is 0 Å². The quantitative estimate of drug-likeness (QED) is 0.888. The van der Waals surface area contributed by atoms with Crippen LogP contribution in [0.25, 0.3) is 11.0 Å². The van der Waals surface area contributed by atoms with Gasteiger partial charge in [-0.15, -0.1) is 0 Å². The monoisotopic (exact) mass is 290 g/mol. The van der Waals surface area contributed by atoms with Gasteiger partial charge in [0.25, 0.3) is 0 Å². The van der Waals surface area contributed by atoms with E-state index in [-0.39, 0.29) is 23.5 Å². The number of fused-ring (bicyclic) bond motifs is 1. The van der Waals surface area contributed by atoms with E-state index in [0.717, 1.165) is 11.3 Å². The van der Waals surface area contributed by atoms with Crippen LogP contribution < -0.4 is 0 Å². The number of aromatic nitrogens is 2. The summed E-state index contributed by atoms with van der Waals surface area (Å²) in [7, 11) is 0. The molecular formula is C16H22N2O3. The van der Waals surface area contributed by atoms with Crippen LogP contribution in [0.4, 0.5) is 0 Å². The van der Waals surface area contributed by atoms with Gasteiger partial charge in [0.1, 0.15) is 11.3 Å². The second-order valence-corrected chi connectivity index (χ2v) is 6.51. The van der Waals surface area contributed by atoms with Gasteiger partial charge in [0.15, 0.2) is 0 Å². The van der Waals surface area contributed by atoms with Crippen molar-refractivity contribution in [1.82, 2.24) is 9.55 Å². The van der Waals surface area contributed by atoms with Crippen molar-refractivity contribution in [3.8, 4) is 0 Å². The third kappa shape index (κ3) is 2.93. The first kappa shape index (κ1) is 15.5. The number of aliphatic hydroxyl groups excluding tert-OH is 1. The number of nitrogens with zero attached hydrogens (tertiary/aromatic N) is 2. The van der Waals surface area contributed by atoms with Gasteiger partial charge in [0, 0.05) is 24.5 Å². The van der Waals surface area contributed by atoms with Crippen LogP contribution in [0.15, 0.2) is 18.2 Å². The van der Waals surface area contributed by atoms with Crippen molar-refractivity contribution in [3.63, 3.8) is 0 Å². The molecule has 0 saturated carbocycles. The number of rotatable bonds is 5. The molecule has 0 aliphatic carbocycles. The zero-order valence-electron chi connectivity index (χ0n) is 12.9. The molecule has 2 aromatic rings. The van der Waals surface area contributed by atoms with E-state index in [1.165, 1.54) is 0 Å². The van der Waals surface area contributed by atoms with Crippen LogP contribution in [0.2, 0.25) is 0 Å². The Kier molecular flexibility index (Phi) is 4.05. The summed E-state index contributed by atoms with van der Waals surface area (Å²) in [6.07, 6.45) is 0. The number of imidazole rings is 1. The molecule has 1 aromatic heterocycles. The second kappa shape index (κ2) is 5.48. The molecule has 1 heterocycles. The fourth-order valence-electron chi connectivity index (χ4n) is 2.42. The highest BCUT2D eigenvalue weighted by molar-refractivity contribution is 6.01. The van der Waals surface area contributed by atoms with Gasteiger partial charge in [0.2, 0.25) is 0 Å². The van der Waals surface area contributed by atoms with Crippen LogP contribution in [0.1, 0.15) is 49.8 Å². The summed E-state index contributed by atoms with van der Waals surface area (Å²) in [5.41, 5.74) is 1.24. The first-order chi connectivity index (χ1) is 9.76. The minimum absolute atomic E-state index is 0.0584. The Morgan fingerprint density at radius 2 is 2.05 bits per heavy atom. The maximum absolute atomic E-state index is 11.4.